The molecule has 0 aliphatic carbocycles. The SMILES string of the molecule is O=C(Nc1ccc(-c2nnc3n2CCCCC3)cc1)c1ccccc1OCC1CCCO1. The fraction of sp³-hybridized carbons (Fsp3) is 0.400. The molecule has 7 heteroatoms. The number of anilines is 1. The van der Waals surface area contributed by atoms with Crippen LogP contribution in [0.15, 0.2) is 48.5 Å². The summed E-state index contributed by atoms with van der Waals surface area (Å²) in [6.07, 6.45) is 6.69. The second-order valence-corrected chi connectivity index (χ2v) is 8.38. The Morgan fingerprint density at radius 1 is 1.06 bits per heavy atom. The van der Waals surface area contributed by atoms with Crippen molar-refractivity contribution in [3.8, 4) is 17.1 Å². The molecule has 2 aliphatic heterocycles. The number of aromatic nitrogens is 3. The first-order valence-electron chi connectivity index (χ1n) is 11.5. The van der Waals surface area contributed by atoms with Crippen LogP contribution in [0.4, 0.5) is 5.69 Å². The number of benzene rings is 2. The molecular formula is C25H28N4O3. The molecular weight excluding hydrogens is 404 g/mol. The number of aryl methyl sites for hydroxylation is 1. The zero-order valence-electron chi connectivity index (χ0n) is 18.1. The number of carbonyl (C=O) groups is 1. The van der Waals surface area contributed by atoms with E-state index in [1.807, 2.05) is 42.5 Å². The van der Waals surface area contributed by atoms with Crippen LogP contribution in [0.3, 0.4) is 0 Å². The Kier molecular flexibility index (Phi) is 6.16. The maximum atomic E-state index is 12.9. The Labute approximate surface area is 187 Å². The summed E-state index contributed by atoms with van der Waals surface area (Å²) < 4.78 is 13.7. The summed E-state index contributed by atoms with van der Waals surface area (Å²) >= 11 is 0. The summed E-state index contributed by atoms with van der Waals surface area (Å²) in [5.74, 6) is 2.34. The number of nitrogens with zero attached hydrogens (tertiary/aromatic N) is 3. The van der Waals surface area contributed by atoms with Crippen LogP contribution >= 0.6 is 0 Å². The number of hydrogen-bond acceptors (Lipinski definition) is 5. The van der Waals surface area contributed by atoms with Gasteiger partial charge in [-0.25, -0.2) is 0 Å². The molecule has 7 nitrogen and oxygen atoms in total. The number of hydrogen-bond donors (Lipinski definition) is 1. The van der Waals surface area contributed by atoms with Crippen LogP contribution in [-0.4, -0.2) is 40.0 Å². The smallest absolute Gasteiger partial charge is 0.259 e. The van der Waals surface area contributed by atoms with E-state index in [4.69, 9.17) is 9.47 Å². The number of carbonyl (C=O) groups excluding carboxylic acids is 1. The highest BCUT2D eigenvalue weighted by Gasteiger charge is 2.19. The van der Waals surface area contributed by atoms with Crippen LogP contribution in [-0.2, 0) is 17.7 Å². The summed E-state index contributed by atoms with van der Waals surface area (Å²) in [4.78, 5) is 12.9. The number of rotatable bonds is 6. The lowest BCUT2D eigenvalue weighted by Crippen LogP contribution is -2.19. The van der Waals surface area contributed by atoms with E-state index in [0.717, 1.165) is 61.7 Å². The number of fused-ring (bicyclic) bond motifs is 1. The minimum absolute atomic E-state index is 0.103. The molecule has 0 radical (unpaired) electrons. The van der Waals surface area contributed by atoms with Gasteiger partial charge in [-0.05, 0) is 62.1 Å². The van der Waals surface area contributed by atoms with Crippen molar-refractivity contribution in [3.05, 3.63) is 59.9 Å². The van der Waals surface area contributed by atoms with Crippen LogP contribution in [0.2, 0.25) is 0 Å². The Balaban J connectivity index is 1.27. The van der Waals surface area contributed by atoms with Crippen molar-refractivity contribution in [3.63, 3.8) is 0 Å². The van der Waals surface area contributed by atoms with Crippen molar-refractivity contribution < 1.29 is 14.3 Å². The quantitative estimate of drug-likeness (QED) is 0.621. The van der Waals surface area contributed by atoms with Gasteiger partial charge in [0.25, 0.3) is 5.91 Å². The normalized spacial score (nSPS) is 18.1. The molecule has 0 saturated carbocycles. The molecule has 1 fully saturated rings. The van der Waals surface area contributed by atoms with Crippen molar-refractivity contribution in [1.82, 2.24) is 14.8 Å². The molecule has 1 aromatic heterocycles. The fourth-order valence-electron chi connectivity index (χ4n) is 4.34. The van der Waals surface area contributed by atoms with E-state index in [9.17, 15) is 4.79 Å². The van der Waals surface area contributed by atoms with E-state index in [2.05, 4.69) is 20.1 Å². The Bertz CT molecular complexity index is 1070. The van der Waals surface area contributed by atoms with Gasteiger partial charge in [-0.2, -0.15) is 0 Å². The van der Waals surface area contributed by atoms with Gasteiger partial charge >= 0.3 is 0 Å². The highest BCUT2D eigenvalue weighted by molar-refractivity contribution is 6.06. The largest absolute Gasteiger partial charge is 0.490 e. The van der Waals surface area contributed by atoms with Crippen molar-refractivity contribution in [2.45, 2.75) is 51.2 Å². The maximum absolute atomic E-state index is 12.9. The zero-order valence-corrected chi connectivity index (χ0v) is 18.1. The third kappa shape index (κ3) is 4.53. The molecule has 0 spiro atoms. The molecule has 1 saturated heterocycles. The predicted octanol–water partition coefficient (Wildman–Crippen LogP) is 4.48. The highest BCUT2D eigenvalue weighted by Crippen LogP contribution is 2.25. The summed E-state index contributed by atoms with van der Waals surface area (Å²) in [5.41, 5.74) is 2.24. The maximum Gasteiger partial charge on any atom is 0.259 e. The van der Waals surface area contributed by atoms with E-state index in [0.29, 0.717) is 17.9 Å². The van der Waals surface area contributed by atoms with Crippen molar-refractivity contribution in [2.75, 3.05) is 18.5 Å². The lowest BCUT2D eigenvalue weighted by molar-refractivity contribution is 0.0673. The van der Waals surface area contributed by atoms with Crippen LogP contribution in [0, 0.1) is 0 Å². The van der Waals surface area contributed by atoms with E-state index < -0.39 is 0 Å². The number of nitrogens with one attached hydrogen (secondary N) is 1. The summed E-state index contributed by atoms with van der Waals surface area (Å²) in [6, 6.07) is 15.1. The van der Waals surface area contributed by atoms with Crippen molar-refractivity contribution in [1.29, 1.82) is 0 Å². The van der Waals surface area contributed by atoms with Gasteiger partial charge in [-0.15, -0.1) is 10.2 Å². The second-order valence-electron chi connectivity index (χ2n) is 8.38. The van der Waals surface area contributed by atoms with Crippen LogP contribution in [0.5, 0.6) is 5.75 Å². The number of ether oxygens (including phenoxy) is 2. The molecule has 5 rings (SSSR count). The van der Waals surface area contributed by atoms with Crippen LogP contribution in [0.1, 0.15) is 48.3 Å². The van der Waals surface area contributed by atoms with Gasteiger partial charge in [-0.1, -0.05) is 18.6 Å². The molecule has 3 heterocycles. The first-order chi connectivity index (χ1) is 15.8. The van der Waals surface area contributed by atoms with Gasteiger partial charge in [-0.3, -0.25) is 4.79 Å². The first-order valence-corrected chi connectivity index (χ1v) is 11.5. The van der Waals surface area contributed by atoms with E-state index in [-0.39, 0.29) is 12.0 Å². The fourth-order valence-corrected chi connectivity index (χ4v) is 4.34. The van der Waals surface area contributed by atoms with Crippen LogP contribution in [0.25, 0.3) is 11.4 Å². The third-order valence-corrected chi connectivity index (χ3v) is 6.09. The summed E-state index contributed by atoms with van der Waals surface area (Å²) in [6.45, 7) is 2.20. The van der Waals surface area contributed by atoms with Crippen LogP contribution < -0.4 is 10.1 Å². The van der Waals surface area contributed by atoms with E-state index in [1.165, 1.54) is 12.8 Å². The number of para-hydroxylation sites is 1. The summed E-state index contributed by atoms with van der Waals surface area (Å²) in [5, 5.41) is 11.8. The average Bonchev–Trinajstić information content (AvgIpc) is 3.43. The molecule has 2 aromatic carbocycles. The Morgan fingerprint density at radius 2 is 1.94 bits per heavy atom. The standard InChI is InChI=1S/C25H28N4O3/c30-25(21-8-3-4-9-22(21)32-17-20-7-6-16-31-20)26-19-13-11-18(12-14-19)24-28-27-23-10-2-1-5-15-29(23)24/h3-4,8-9,11-14,20H,1-2,5-7,10,15-17H2,(H,26,30). The van der Waals surface area contributed by atoms with Crippen molar-refractivity contribution in [2.24, 2.45) is 0 Å². The molecule has 3 aromatic rings. The summed E-state index contributed by atoms with van der Waals surface area (Å²) in [7, 11) is 0. The molecule has 1 N–H and O–H groups in total. The molecule has 1 unspecified atom stereocenters. The zero-order chi connectivity index (χ0) is 21.8. The van der Waals surface area contributed by atoms with E-state index >= 15 is 0 Å². The lowest BCUT2D eigenvalue weighted by atomic mass is 10.1. The third-order valence-electron chi connectivity index (χ3n) is 6.09. The molecule has 2 aliphatic rings. The molecule has 1 atom stereocenters. The predicted molar refractivity (Wildman–Crippen MR) is 122 cm³/mol. The molecule has 0 bridgehead atoms. The molecule has 166 valence electrons. The topological polar surface area (TPSA) is 78.3 Å². The Morgan fingerprint density at radius 3 is 2.78 bits per heavy atom. The van der Waals surface area contributed by atoms with Gasteiger partial charge in [0, 0.05) is 30.8 Å². The minimum Gasteiger partial charge on any atom is -0.490 e. The van der Waals surface area contributed by atoms with Gasteiger partial charge in [0.1, 0.15) is 18.2 Å². The van der Waals surface area contributed by atoms with Gasteiger partial charge in [0.05, 0.1) is 11.7 Å². The van der Waals surface area contributed by atoms with Crippen molar-refractivity contribution >= 4 is 11.6 Å². The highest BCUT2D eigenvalue weighted by atomic mass is 16.5. The second kappa shape index (κ2) is 9.53. The van der Waals surface area contributed by atoms with Gasteiger partial charge < -0.3 is 19.4 Å². The lowest BCUT2D eigenvalue weighted by Gasteiger charge is -2.14. The first kappa shape index (κ1) is 20.7. The molecule has 1 amide bonds. The van der Waals surface area contributed by atoms with E-state index in [1.54, 1.807) is 6.07 Å². The average molecular weight is 433 g/mol. The van der Waals surface area contributed by atoms with Gasteiger partial charge in [0.15, 0.2) is 5.82 Å². The monoisotopic (exact) mass is 432 g/mol. The Hall–Kier alpha value is -3.19. The molecule has 32 heavy (non-hydrogen) atoms. The number of amides is 1. The van der Waals surface area contributed by atoms with Gasteiger partial charge in [0.2, 0.25) is 0 Å². The minimum atomic E-state index is -0.197.